The highest BCUT2D eigenvalue weighted by Gasteiger charge is 2.08. The van der Waals surface area contributed by atoms with Crippen molar-refractivity contribution in [2.75, 3.05) is 0 Å². The molecule has 0 aliphatic heterocycles. The van der Waals surface area contributed by atoms with Gasteiger partial charge in [-0.3, -0.25) is 0 Å². The monoisotopic (exact) mass is 289 g/mol. The fourth-order valence-corrected chi connectivity index (χ4v) is 2.24. The lowest BCUT2D eigenvalue weighted by Gasteiger charge is -1.85. The van der Waals surface area contributed by atoms with E-state index in [-0.39, 0.29) is 0 Å². The molecule has 0 N–H and O–H groups in total. The fourth-order valence-electron chi connectivity index (χ4n) is 1.01. The Morgan fingerprint density at radius 3 is 2.88 bits per heavy atom. The quantitative estimate of drug-likeness (QED) is 0.701. The van der Waals surface area contributed by atoms with E-state index in [1.165, 1.54) is 11.5 Å². The molecule has 0 spiro atoms. The summed E-state index contributed by atoms with van der Waals surface area (Å²) < 4.78 is 4.56. The Morgan fingerprint density at radius 1 is 1.31 bits per heavy atom. The van der Waals surface area contributed by atoms with Gasteiger partial charge in [0.1, 0.15) is 26.8 Å². The van der Waals surface area contributed by atoms with Crippen LogP contribution in [0.1, 0.15) is 16.1 Å². The molecule has 2 aromatic heterocycles. The van der Waals surface area contributed by atoms with Crippen LogP contribution in [0.25, 0.3) is 0 Å². The molecule has 2 rings (SSSR count). The molecule has 0 unspecified atom stereocenters. The molecule has 0 fully saturated rings. The first-order valence-electron chi connectivity index (χ1n) is 4.29. The molecule has 16 heavy (non-hydrogen) atoms. The van der Waals surface area contributed by atoms with Gasteiger partial charge in [-0.05, 0) is 51.4 Å². The third-order valence-corrected chi connectivity index (χ3v) is 3.30. The average molecular weight is 290 g/mol. The number of halogens is 1. The SMILES string of the molecule is N#Cc1c(Br)nsc1C#Cc1ccccn1. The van der Waals surface area contributed by atoms with Crippen LogP contribution in [0.4, 0.5) is 0 Å². The number of pyridine rings is 1. The molecule has 0 radical (unpaired) electrons. The van der Waals surface area contributed by atoms with E-state index >= 15 is 0 Å². The first-order chi connectivity index (χ1) is 7.81. The smallest absolute Gasteiger partial charge is 0.139 e. The Kier molecular flexibility index (Phi) is 3.31. The molecule has 0 bridgehead atoms. The maximum absolute atomic E-state index is 8.89. The van der Waals surface area contributed by atoms with Crippen molar-refractivity contribution in [2.24, 2.45) is 0 Å². The van der Waals surface area contributed by atoms with Gasteiger partial charge in [0.25, 0.3) is 0 Å². The summed E-state index contributed by atoms with van der Waals surface area (Å²) in [7, 11) is 0. The molecule has 0 aliphatic rings. The van der Waals surface area contributed by atoms with Crippen molar-refractivity contribution in [3.8, 4) is 17.9 Å². The van der Waals surface area contributed by atoms with Crippen LogP contribution in [0.15, 0.2) is 29.0 Å². The van der Waals surface area contributed by atoms with Gasteiger partial charge in [0.2, 0.25) is 0 Å². The third kappa shape index (κ3) is 2.27. The number of hydrogen-bond donors (Lipinski definition) is 0. The number of hydrogen-bond acceptors (Lipinski definition) is 4. The van der Waals surface area contributed by atoms with Gasteiger partial charge in [0, 0.05) is 6.20 Å². The summed E-state index contributed by atoms with van der Waals surface area (Å²) >= 11 is 4.40. The molecule has 2 aromatic rings. The zero-order valence-corrected chi connectivity index (χ0v) is 10.3. The molecule has 5 heteroatoms. The summed E-state index contributed by atoms with van der Waals surface area (Å²) in [4.78, 5) is 4.72. The molecule has 0 aromatic carbocycles. The van der Waals surface area contributed by atoms with Crippen molar-refractivity contribution in [3.63, 3.8) is 0 Å². The molecule has 0 aliphatic carbocycles. The van der Waals surface area contributed by atoms with Crippen molar-refractivity contribution in [1.29, 1.82) is 5.26 Å². The van der Waals surface area contributed by atoms with Crippen LogP contribution in [0.3, 0.4) is 0 Å². The van der Waals surface area contributed by atoms with Gasteiger partial charge >= 0.3 is 0 Å². The van der Waals surface area contributed by atoms with Crippen molar-refractivity contribution < 1.29 is 0 Å². The zero-order chi connectivity index (χ0) is 11.4. The Bertz CT molecular complexity index is 602. The molecule has 76 valence electrons. The van der Waals surface area contributed by atoms with Crippen LogP contribution in [0.5, 0.6) is 0 Å². The summed E-state index contributed by atoms with van der Waals surface area (Å²) in [5, 5.41) is 8.89. The normalized spacial score (nSPS) is 9.00. The van der Waals surface area contributed by atoms with Gasteiger partial charge < -0.3 is 0 Å². The van der Waals surface area contributed by atoms with Gasteiger partial charge in [-0.1, -0.05) is 6.07 Å². The van der Waals surface area contributed by atoms with Crippen LogP contribution in [0.2, 0.25) is 0 Å². The lowest BCUT2D eigenvalue weighted by Crippen LogP contribution is -1.79. The summed E-state index contributed by atoms with van der Waals surface area (Å²) in [6.07, 6.45) is 1.68. The van der Waals surface area contributed by atoms with E-state index in [1.54, 1.807) is 6.20 Å². The largest absolute Gasteiger partial charge is 0.248 e. The first-order valence-corrected chi connectivity index (χ1v) is 5.86. The second-order valence-corrected chi connectivity index (χ2v) is 4.28. The van der Waals surface area contributed by atoms with E-state index < -0.39 is 0 Å². The molecule has 0 saturated heterocycles. The Morgan fingerprint density at radius 2 is 2.19 bits per heavy atom. The Labute approximate surface area is 105 Å². The number of nitrogens with zero attached hydrogens (tertiary/aromatic N) is 3. The standard InChI is InChI=1S/C11H4BrN3S/c12-11-9(7-13)10(16-15-11)5-4-8-3-1-2-6-14-8/h1-3,6H. The second kappa shape index (κ2) is 4.89. The number of rotatable bonds is 0. The van der Waals surface area contributed by atoms with Crippen LogP contribution >= 0.6 is 27.5 Å². The predicted octanol–water partition coefficient (Wildman–Crippen LogP) is 2.57. The molecule has 2 heterocycles. The first kappa shape index (κ1) is 10.8. The third-order valence-electron chi connectivity index (χ3n) is 1.73. The Hall–Kier alpha value is -1.69. The number of aromatic nitrogens is 2. The minimum atomic E-state index is 0.480. The average Bonchev–Trinajstić information content (AvgIpc) is 2.68. The Balaban J connectivity index is 2.36. The van der Waals surface area contributed by atoms with Gasteiger partial charge in [0.15, 0.2) is 0 Å². The van der Waals surface area contributed by atoms with Crippen LogP contribution in [0, 0.1) is 23.2 Å². The summed E-state index contributed by atoms with van der Waals surface area (Å²) in [5.41, 5.74) is 1.16. The summed E-state index contributed by atoms with van der Waals surface area (Å²) in [6, 6.07) is 7.57. The maximum atomic E-state index is 8.89. The van der Waals surface area contributed by atoms with E-state index in [0.717, 1.165) is 0 Å². The minimum Gasteiger partial charge on any atom is -0.248 e. The predicted molar refractivity (Wildman–Crippen MR) is 64.7 cm³/mol. The topological polar surface area (TPSA) is 49.6 Å². The van der Waals surface area contributed by atoms with E-state index in [1.807, 2.05) is 18.2 Å². The molecular formula is C11H4BrN3S. The lowest BCUT2D eigenvalue weighted by molar-refractivity contribution is 1.29. The van der Waals surface area contributed by atoms with E-state index in [9.17, 15) is 0 Å². The van der Waals surface area contributed by atoms with E-state index in [0.29, 0.717) is 20.7 Å². The van der Waals surface area contributed by atoms with Crippen molar-refractivity contribution in [2.45, 2.75) is 0 Å². The molecule has 0 amide bonds. The van der Waals surface area contributed by atoms with Gasteiger partial charge in [0.05, 0.1) is 0 Å². The maximum Gasteiger partial charge on any atom is 0.139 e. The van der Waals surface area contributed by atoms with Crippen LogP contribution < -0.4 is 0 Å². The summed E-state index contributed by atoms with van der Waals surface area (Å²) in [5.74, 6) is 5.78. The number of nitriles is 1. The highest BCUT2D eigenvalue weighted by molar-refractivity contribution is 9.10. The molecule has 0 saturated carbocycles. The van der Waals surface area contributed by atoms with E-state index in [4.69, 9.17) is 5.26 Å². The van der Waals surface area contributed by atoms with Crippen molar-refractivity contribution in [3.05, 3.63) is 45.1 Å². The van der Waals surface area contributed by atoms with E-state index in [2.05, 4.69) is 43.2 Å². The highest BCUT2D eigenvalue weighted by atomic mass is 79.9. The van der Waals surface area contributed by atoms with Crippen molar-refractivity contribution in [1.82, 2.24) is 9.36 Å². The minimum absolute atomic E-state index is 0.480. The highest BCUT2D eigenvalue weighted by Crippen LogP contribution is 2.21. The lowest BCUT2D eigenvalue weighted by atomic mass is 10.3. The second-order valence-electron chi connectivity index (χ2n) is 2.75. The summed E-state index contributed by atoms with van der Waals surface area (Å²) in [6.45, 7) is 0. The molecule has 0 atom stereocenters. The zero-order valence-electron chi connectivity index (χ0n) is 7.94. The molecular weight excluding hydrogens is 286 g/mol. The van der Waals surface area contributed by atoms with Gasteiger partial charge in [-0.25, -0.2) is 4.98 Å². The van der Waals surface area contributed by atoms with Crippen LogP contribution in [-0.4, -0.2) is 9.36 Å². The van der Waals surface area contributed by atoms with Gasteiger partial charge in [-0.15, -0.1) is 0 Å². The fraction of sp³-hybridized carbons (Fsp3) is 0. The van der Waals surface area contributed by atoms with Crippen molar-refractivity contribution >= 4 is 27.5 Å². The van der Waals surface area contributed by atoms with Gasteiger partial charge in [-0.2, -0.15) is 9.64 Å². The van der Waals surface area contributed by atoms with Crippen LogP contribution in [-0.2, 0) is 0 Å². The molecule has 3 nitrogen and oxygen atoms in total.